The molecule has 1 rings (SSSR count). The number of nitrogens with two attached hydrogens (primary N) is 2. The van der Waals surface area contributed by atoms with Crippen molar-refractivity contribution in [2.24, 2.45) is 16.5 Å². The molecule has 1 aromatic rings. The fourth-order valence-electron chi connectivity index (χ4n) is 1.18. The summed E-state index contributed by atoms with van der Waals surface area (Å²) in [5.41, 5.74) is 11.7. The van der Waals surface area contributed by atoms with E-state index in [0.717, 1.165) is 12.0 Å². The van der Waals surface area contributed by atoms with Crippen LogP contribution in [0.2, 0.25) is 0 Å². The van der Waals surface area contributed by atoms with Crippen LogP contribution >= 0.6 is 0 Å². The van der Waals surface area contributed by atoms with E-state index in [0.29, 0.717) is 6.61 Å². The summed E-state index contributed by atoms with van der Waals surface area (Å²) >= 11 is 0. The first-order chi connectivity index (χ1) is 7.22. The Kier molecular flexibility index (Phi) is 4.63. The summed E-state index contributed by atoms with van der Waals surface area (Å²) in [7, 11) is 0. The summed E-state index contributed by atoms with van der Waals surface area (Å²) in [6.07, 6.45) is 0.500. The van der Waals surface area contributed by atoms with Crippen molar-refractivity contribution in [2.45, 2.75) is 26.2 Å². The lowest BCUT2D eigenvalue weighted by Gasteiger charge is -2.11. The van der Waals surface area contributed by atoms with Gasteiger partial charge in [-0.05, 0) is 12.0 Å². The van der Waals surface area contributed by atoms with Gasteiger partial charge in [-0.15, -0.1) is 0 Å². The molecule has 0 aliphatic heterocycles. The maximum atomic E-state index is 5.54. The van der Waals surface area contributed by atoms with Gasteiger partial charge in [0.1, 0.15) is 0 Å². The molecule has 0 saturated carbocycles. The summed E-state index contributed by atoms with van der Waals surface area (Å²) in [6, 6.07) is 9.92. The zero-order valence-corrected chi connectivity index (χ0v) is 8.89. The highest BCUT2D eigenvalue weighted by atomic mass is 16.5. The van der Waals surface area contributed by atoms with Crippen molar-refractivity contribution in [1.29, 1.82) is 0 Å². The van der Waals surface area contributed by atoms with Gasteiger partial charge < -0.3 is 16.2 Å². The topological polar surface area (TPSA) is 73.6 Å². The fourth-order valence-corrected chi connectivity index (χ4v) is 1.18. The van der Waals surface area contributed by atoms with Crippen LogP contribution in [0.5, 0.6) is 0 Å². The standard InChI is InChI=1S/C11H17N3O/c1-2-10(14-11(12)13)15-8-9-6-4-3-5-7-9/h3-7,10H,2,8H2,1H3,(H4,12,13,14). The average Bonchev–Trinajstić information content (AvgIpc) is 2.25. The van der Waals surface area contributed by atoms with E-state index in [4.69, 9.17) is 16.2 Å². The Morgan fingerprint density at radius 3 is 2.53 bits per heavy atom. The molecule has 4 heteroatoms. The van der Waals surface area contributed by atoms with E-state index in [9.17, 15) is 0 Å². The highest BCUT2D eigenvalue weighted by molar-refractivity contribution is 5.75. The Hall–Kier alpha value is -1.55. The van der Waals surface area contributed by atoms with Crippen molar-refractivity contribution in [3.05, 3.63) is 35.9 Å². The van der Waals surface area contributed by atoms with Crippen molar-refractivity contribution in [3.8, 4) is 0 Å². The molecule has 0 aliphatic rings. The minimum Gasteiger partial charge on any atom is -0.370 e. The third kappa shape index (κ3) is 4.46. The molecule has 1 atom stereocenters. The summed E-state index contributed by atoms with van der Waals surface area (Å²) in [5.74, 6) is 0.0647. The summed E-state index contributed by atoms with van der Waals surface area (Å²) in [6.45, 7) is 2.50. The van der Waals surface area contributed by atoms with Gasteiger partial charge >= 0.3 is 0 Å². The smallest absolute Gasteiger partial charge is 0.188 e. The van der Waals surface area contributed by atoms with Crippen LogP contribution in [-0.2, 0) is 11.3 Å². The molecule has 1 aromatic carbocycles. The van der Waals surface area contributed by atoms with Gasteiger partial charge in [-0.2, -0.15) is 0 Å². The molecule has 0 saturated heterocycles. The highest BCUT2D eigenvalue weighted by Crippen LogP contribution is 2.06. The van der Waals surface area contributed by atoms with Gasteiger partial charge in [-0.1, -0.05) is 37.3 Å². The maximum Gasteiger partial charge on any atom is 0.188 e. The molecular formula is C11H17N3O. The van der Waals surface area contributed by atoms with Crippen molar-refractivity contribution in [1.82, 2.24) is 0 Å². The summed E-state index contributed by atoms with van der Waals surface area (Å²) in [5, 5.41) is 0. The molecule has 0 amide bonds. The predicted molar refractivity (Wildman–Crippen MR) is 61.1 cm³/mol. The lowest BCUT2D eigenvalue weighted by molar-refractivity contribution is 0.0442. The number of benzene rings is 1. The Balaban J connectivity index is 2.45. The minimum atomic E-state index is -0.254. The molecule has 0 bridgehead atoms. The predicted octanol–water partition coefficient (Wildman–Crippen LogP) is 1.21. The van der Waals surface area contributed by atoms with E-state index in [1.165, 1.54) is 0 Å². The van der Waals surface area contributed by atoms with Crippen LogP contribution in [0.25, 0.3) is 0 Å². The van der Waals surface area contributed by atoms with Crippen LogP contribution < -0.4 is 11.5 Å². The molecule has 0 radical (unpaired) electrons. The minimum absolute atomic E-state index is 0.0647. The molecule has 82 valence electrons. The van der Waals surface area contributed by atoms with Crippen LogP contribution in [-0.4, -0.2) is 12.2 Å². The van der Waals surface area contributed by atoms with Gasteiger partial charge in [-0.3, -0.25) is 0 Å². The first kappa shape index (κ1) is 11.5. The Labute approximate surface area is 89.9 Å². The van der Waals surface area contributed by atoms with Gasteiger partial charge in [0.15, 0.2) is 12.2 Å². The van der Waals surface area contributed by atoms with Crippen molar-refractivity contribution >= 4 is 5.96 Å². The van der Waals surface area contributed by atoms with E-state index in [1.807, 2.05) is 37.3 Å². The Morgan fingerprint density at radius 1 is 1.33 bits per heavy atom. The largest absolute Gasteiger partial charge is 0.370 e. The van der Waals surface area contributed by atoms with Crippen molar-refractivity contribution in [2.75, 3.05) is 0 Å². The Bertz CT molecular complexity index is 307. The van der Waals surface area contributed by atoms with Gasteiger partial charge in [0, 0.05) is 0 Å². The zero-order valence-electron chi connectivity index (χ0n) is 8.89. The number of nitrogens with zero attached hydrogens (tertiary/aromatic N) is 1. The number of aliphatic imine (C=N–C) groups is 1. The van der Waals surface area contributed by atoms with Crippen LogP contribution in [0.4, 0.5) is 0 Å². The number of hydrogen-bond donors (Lipinski definition) is 2. The molecule has 0 fully saturated rings. The van der Waals surface area contributed by atoms with E-state index >= 15 is 0 Å². The average molecular weight is 207 g/mol. The van der Waals surface area contributed by atoms with Crippen LogP contribution in [0.3, 0.4) is 0 Å². The molecule has 0 heterocycles. The van der Waals surface area contributed by atoms with E-state index < -0.39 is 0 Å². The van der Waals surface area contributed by atoms with E-state index in [-0.39, 0.29) is 12.2 Å². The molecule has 0 aliphatic carbocycles. The molecule has 0 aromatic heterocycles. The van der Waals surface area contributed by atoms with Crippen LogP contribution in [0, 0.1) is 0 Å². The fraction of sp³-hybridized carbons (Fsp3) is 0.364. The monoisotopic (exact) mass is 207 g/mol. The molecule has 15 heavy (non-hydrogen) atoms. The van der Waals surface area contributed by atoms with Gasteiger partial charge in [0.05, 0.1) is 6.61 Å². The maximum absolute atomic E-state index is 5.54. The lowest BCUT2D eigenvalue weighted by Crippen LogP contribution is -2.26. The quantitative estimate of drug-likeness (QED) is 0.563. The first-order valence-corrected chi connectivity index (χ1v) is 4.96. The van der Waals surface area contributed by atoms with E-state index in [2.05, 4.69) is 4.99 Å². The second-order valence-electron chi connectivity index (χ2n) is 3.21. The highest BCUT2D eigenvalue weighted by Gasteiger charge is 2.04. The Morgan fingerprint density at radius 2 is 2.00 bits per heavy atom. The van der Waals surface area contributed by atoms with Crippen molar-refractivity contribution < 1.29 is 4.74 Å². The SMILES string of the molecule is CCC(N=C(N)N)OCc1ccccc1. The van der Waals surface area contributed by atoms with Crippen LogP contribution in [0.1, 0.15) is 18.9 Å². The van der Waals surface area contributed by atoms with Gasteiger partial charge in [-0.25, -0.2) is 4.99 Å². The summed E-state index contributed by atoms with van der Waals surface area (Å²) < 4.78 is 5.54. The molecule has 1 unspecified atom stereocenters. The number of hydrogen-bond acceptors (Lipinski definition) is 2. The first-order valence-electron chi connectivity index (χ1n) is 4.96. The normalized spacial score (nSPS) is 12.1. The number of guanidine groups is 1. The lowest BCUT2D eigenvalue weighted by atomic mass is 10.2. The van der Waals surface area contributed by atoms with Gasteiger partial charge in [0.25, 0.3) is 0 Å². The molecule has 4 N–H and O–H groups in total. The third-order valence-electron chi connectivity index (χ3n) is 1.93. The second-order valence-corrected chi connectivity index (χ2v) is 3.21. The number of ether oxygens (including phenoxy) is 1. The number of rotatable bonds is 5. The van der Waals surface area contributed by atoms with Gasteiger partial charge in [0.2, 0.25) is 0 Å². The molecule has 4 nitrogen and oxygen atoms in total. The second kappa shape index (κ2) is 6.03. The van der Waals surface area contributed by atoms with Crippen LogP contribution in [0.15, 0.2) is 35.3 Å². The molecular weight excluding hydrogens is 190 g/mol. The zero-order chi connectivity index (χ0) is 11.1. The molecule has 0 spiro atoms. The third-order valence-corrected chi connectivity index (χ3v) is 1.93. The van der Waals surface area contributed by atoms with E-state index in [1.54, 1.807) is 0 Å². The summed E-state index contributed by atoms with van der Waals surface area (Å²) in [4.78, 5) is 3.96. The van der Waals surface area contributed by atoms with Crippen molar-refractivity contribution in [3.63, 3.8) is 0 Å².